The molecular formula is C21H22F3N5O. The van der Waals surface area contributed by atoms with Crippen molar-refractivity contribution >= 4 is 16.7 Å². The number of benzene rings is 1. The highest BCUT2D eigenvalue weighted by molar-refractivity contribution is 5.77. The van der Waals surface area contributed by atoms with Crippen molar-refractivity contribution < 1.29 is 13.2 Å². The molecule has 0 spiro atoms. The first-order chi connectivity index (χ1) is 14.2. The second kappa shape index (κ2) is 7.70. The highest BCUT2D eigenvalue weighted by Gasteiger charge is 2.34. The predicted molar refractivity (Wildman–Crippen MR) is 107 cm³/mol. The van der Waals surface area contributed by atoms with Crippen LogP contribution in [0.3, 0.4) is 0 Å². The number of aromatic nitrogens is 4. The number of fused-ring (bicyclic) bond motifs is 1. The van der Waals surface area contributed by atoms with E-state index in [-0.39, 0.29) is 17.3 Å². The molecular weight excluding hydrogens is 395 g/mol. The summed E-state index contributed by atoms with van der Waals surface area (Å²) in [6, 6.07) is 8.29. The Hall–Kier alpha value is -2.97. The summed E-state index contributed by atoms with van der Waals surface area (Å²) >= 11 is 0. The number of rotatable bonds is 3. The lowest BCUT2D eigenvalue weighted by Crippen LogP contribution is -2.37. The van der Waals surface area contributed by atoms with Crippen LogP contribution in [0.25, 0.3) is 10.9 Å². The molecule has 0 atom stereocenters. The van der Waals surface area contributed by atoms with Gasteiger partial charge in [0, 0.05) is 25.7 Å². The molecule has 0 N–H and O–H groups in total. The maximum Gasteiger partial charge on any atom is 0.433 e. The monoisotopic (exact) mass is 417 g/mol. The van der Waals surface area contributed by atoms with E-state index in [4.69, 9.17) is 0 Å². The summed E-state index contributed by atoms with van der Waals surface area (Å²) in [4.78, 5) is 27.0. The number of halogens is 3. The van der Waals surface area contributed by atoms with Crippen molar-refractivity contribution in [2.75, 3.05) is 18.0 Å². The number of alkyl halides is 3. The van der Waals surface area contributed by atoms with Crippen molar-refractivity contribution in [2.24, 2.45) is 5.92 Å². The van der Waals surface area contributed by atoms with Gasteiger partial charge < -0.3 is 4.90 Å². The van der Waals surface area contributed by atoms with Crippen molar-refractivity contribution in [3.05, 3.63) is 58.0 Å². The SMILES string of the molecule is Cc1nc(N2CCC(Cn3c(C)nc4ccccc4c3=O)CC2)cc(C(F)(F)F)n1. The largest absolute Gasteiger partial charge is 0.433 e. The Kier molecular flexibility index (Phi) is 5.21. The van der Waals surface area contributed by atoms with Crippen LogP contribution in [-0.2, 0) is 12.7 Å². The van der Waals surface area contributed by atoms with Gasteiger partial charge >= 0.3 is 6.18 Å². The van der Waals surface area contributed by atoms with E-state index in [1.807, 2.05) is 30.0 Å². The Morgan fingerprint density at radius 1 is 1.07 bits per heavy atom. The maximum absolute atomic E-state index is 13.1. The van der Waals surface area contributed by atoms with Crippen molar-refractivity contribution in [1.82, 2.24) is 19.5 Å². The van der Waals surface area contributed by atoms with Crippen LogP contribution < -0.4 is 10.5 Å². The highest BCUT2D eigenvalue weighted by atomic mass is 19.4. The van der Waals surface area contributed by atoms with Crippen LogP contribution in [0.5, 0.6) is 0 Å². The summed E-state index contributed by atoms with van der Waals surface area (Å²) < 4.78 is 40.9. The number of hydrogen-bond acceptors (Lipinski definition) is 5. The molecule has 6 nitrogen and oxygen atoms in total. The van der Waals surface area contributed by atoms with Gasteiger partial charge in [-0.1, -0.05) is 12.1 Å². The molecule has 30 heavy (non-hydrogen) atoms. The van der Waals surface area contributed by atoms with E-state index in [1.165, 1.54) is 6.92 Å². The lowest BCUT2D eigenvalue weighted by Gasteiger charge is -2.33. The molecule has 1 saturated heterocycles. The molecule has 3 aromatic rings. The molecule has 1 fully saturated rings. The Balaban J connectivity index is 1.49. The van der Waals surface area contributed by atoms with Crippen LogP contribution in [0.4, 0.5) is 19.0 Å². The van der Waals surface area contributed by atoms with Crippen molar-refractivity contribution in [2.45, 2.75) is 39.4 Å². The fraction of sp³-hybridized carbons (Fsp3) is 0.429. The van der Waals surface area contributed by atoms with Gasteiger partial charge in [-0.2, -0.15) is 13.2 Å². The molecule has 0 amide bonds. The van der Waals surface area contributed by atoms with Gasteiger partial charge in [-0.3, -0.25) is 9.36 Å². The second-order valence-electron chi connectivity index (χ2n) is 7.68. The Labute approximate surface area is 171 Å². The fourth-order valence-corrected chi connectivity index (χ4v) is 3.96. The van der Waals surface area contributed by atoms with Gasteiger partial charge in [-0.25, -0.2) is 15.0 Å². The van der Waals surface area contributed by atoms with Gasteiger partial charge in [0.2, 0.25) is 0 Å². The first-order valence-electron chi connectivity index (χ1n) is 9.86. The number of piperidine rings is 1. The molecule has 0 radical (unpaired) electrons. The van der Waals surface area contributed by atoms with E-state index in [0.717, 1.165) is 18.9 Å². The summed E-state index contributed by atoms with van der Waals surface area (Å²) in [5.74, 6) is 1.31. The van der Waals surface area contributed by atoms with Crippen LogP contribution in [0.15, 0.2) is 35.1 Å². The Morgan fingerprint density at radius 3 is 2.47 bits per heavy atom. The number of aryl methyl sites for hydroxylation is 2. The zero-order valence-electron chi connectivity index (χ0n) is 16.8. The first kappa shape index (κ1) is 20.3. The van der Waals surface area contributed by atoms with Crippen LogP contribution in [0.2, 0.25) is 0 Å². The lowest BCUT2D eigenvalue weighted by molar-refractivity contribution is -0.141. The summed E-state index contributed by atoms with van der Waals surface area (Å²) in [6.45, 7) is 4.99. The average molecular weight is 417 g/mol. The molecule has 2 aromatic heterocycles. The third-order valence-corrected chi connectivity index (χ3v) is 5.55. The smallest absolute Gasteiger partial charge is 0.356 e. The molecule has 0 bridgehead atoms. The minimum absolute atomic E-state index is 0.0539. The van der Waals surface area contributed by atoms with E-state index >= 15 is 0 Å². The van der Waals surface area contributed by atoms with E-state index in [2.05, 4.69) is 15.0 Å². The van der Waals surface area contributed by atoms with Crippen LogP contribution in [0.1, 0.15) is 30.2 Å². The standard InChI is InChI=1S/C21H22F3N5O/c1-13-25-18(21(22,23)24)11-19(26-13)28-9-7-15(8-10-28)12-29-14(2)27-17-6-4-3-5-16(17)20(29)30/h3-6,11,15H,7-10,12H2,1-2H3. The molecule has 1 aliphatic heterocycles. The summed E-state index contributed by atoms with van der Waals surface area (Å²) in [7, 11) is 0. The zero-order valence-corrected chi connectivity index (χ0v) is 16.8. The van der Waals surface area contributed by atoms with E-state index in [9.17, 15) is 18.0 Å². The average Bonchev–Trinajstić information content (AvgIpc) is 2.70. The van der Waals surface area contributed by atoms with Crippen LogP contribution in [-0.4, -0.2) is 32.6 Å². The molecule has 1 aliphatic rings. The molecule has 158 valence electrons. The summed E-state index contributed by atoms with van der Waals surface area (Å²) in [6.07, 6.45) is -2.99. The van der Waals surface area contributed by atoms with Gasteiger partial charge in [0.25, 0.3) is 5.56 Å². The maximum atomic E-state index is 13.1. The molecule has 0 aliphatic carbocycles. The zero-order chi connectivity index (χ0) is 21.5. The van der Waals surface area contributed by atoms with E-state index in [0.29, 0.717) is 42.2 Å². The summed E-state index contributed by atoms with van der Waals surface area (Å²) in [5, 5.41) is 0.594. The van der Waals surface area contributed by atoms with Gasteiger partial charge in [0.15, 0.2) is 0 Å². The van der Waals surface area contributed by atoms with Crippen molar-refractivity contribution in [3.63, 3.8) is 0 Å². The lowest BCUT2D eigenvalue weighted by atomic mass is 9.96. The minimum Gasteiger partial charge on any atom is -0.356 e. The highest BCUT2D eigenvalue weighted by Crippen LogP contribution is 2.31. The van der Waals surface area contributed by atoms with Crippen molar-refractivity contribution in [1.29, 1.82) is 0 Å². The Morgan fingerprint density at radius 2 is 1.77 bits per heavy atom. The molecule has 1 aromatic carbocycles. The fourth-order valence-electron chi connectivity index (χ4n) is 3.96. The summed E-state index contributed by atoms with van der Waals surface area (Å²) in [5.41, 5.74) is -0.288. The van der Waals surface area contributed by atoms with Gasteiger partial charge in [0.1, 0.15) is 23.2 Å². The Bertz CT molecular complexity index is 1130. The quantitative estimate of drug-likeness (QED) is 0.650. The van der Waals surface area contributed by atoms with Gasteiger partial charge in [-0.05, 0) is 44.7 Å². The number of para-hydroxylation sites is 1. The van der Waals surface area contributed by atoms with Gasteiger partial charge in [-0.15, -0.1) is 0 Å². The third kappa shape index (κ3) is 4.01. The normalized spacial score (nSPS) is 15.7. The van der Waals surface area contributed by atoms with Crippen molar-refractivity contribution in [3.8, 4) is 0 Å². The number of nitrogens with zero attached hydrogens (tertiary/aromatic N) is 5. The molecule has 0 unspecified atom stereocenters. The first-order valence-corrected chi connectivity index (χ1v) is 9.86. The van der Waals surface area contributed by atoms with E-state index < -0.39 is 11.9 Å². The van der Waals surface area contributed by atoms with E-state index in [1.54, 1.807) is 10.6 Å². The van der Waals surface area contributed by atoms with Crippen LogP contribution >= 0.6 is 0 Å². The molecule has 4 rings (SSSR count). The second-order valence-corrected chi connectivity index (χ2v) is 7.68. The molecule has 9 heteroatoms. The molecule has 3 heterocycles. The number of hydrogen-bond donors (Lipinski definition) is 0. The molecule has 0 saturated carbocycles. The van der Waals surface area contributed by atoms with Crippen LogP contribution in [0, 0.1) is 19.8 Å². The topological polar surface area (TPSA) is 63.9 Å². The predicted octanol–water partition coefficient (Wildman–Crippen LogP) is 3.74. The minimum atomic E-state index is -4.50. The van der Waals surface area contributed by atoms with Gasteiger partial charge in [0.05, 0.1) is 10.9 Å². The number of anilines is 1. The third-order valence-electron chi connectivity index (χ3n) is 5.55.